The number of rotatable bonds is 3. The van der Waals surface area contributed by atoms with Gasteiger partial charge in [-0.2, -0.15) is 0 Å². The Bertz CT molecular complexity index is 1270. The topological polar surface area (TPSA) is 82.1 Å². The molecule has 0 radical (unpaired) electrons. The second kappa shape index (κ2) is 8.92. The molecule has 2 aromatic rings. The van der Waals surface area contributed by atoms with Gasteiger partial charge >= 0.3 is 0 Å². The van der Waals surface area contributed by atoms with Crippen molar-refractivity contribution in [1.82, 2.24) is 4.90 Å². The molecule has 0 aliphatic carbocycles. The van der Waals surface area contributed by atoms with E-state index >= 15 is 0 Å². The molecule has 3 heterocycles. The number of hydrogen-bond donors (Lipinski definition) is 1. The van der Waals surface area contributed by atoms with Gasteiger partial charge in [0.05, 0.1) is 17.5 Å². The summed E-state index contributed by atoms with van der Waals surface area (Å²) in [5.74, 6) is 0.344. The predicted molar refractivity (Wildman–Crippen MR) is 140 cm³/mol. The highest BCUT2D eigenvalue weighted by atomic mass is 32.2. The number of carbonyl (C=O) groups is 1. The summed E-state index contributed by atoms with van der Waals surface area (Å²) >= 11 is 1.49. The van der Waals surface area contributed by atoms with Gasteiger partial charge in [-0.15, -0.1) is 0 Å². The second-order valence-corrected chi connectivity index (χ2v) is 12.8. The van der Waals surface area contributed by atoms with E-state index < -0.39 is 9.84 Å². The number of aryl methyl sites for hydroxylation is 3. The average molecular weight is 499 g/mol. The molecule has 34 heavy (non-hydrogen) atoms. The van der Waals surface area contributed by atoms with Crippen molar-refractivity contribution < 1.29 is 13.2 Å². The van der Waals surface area contributed by atoms with Gasteiger partial charge in [0.25, 0.3) is 5.91 Å². The SMILES string of the molecule is Cc1ccc(C)c(N2CCN(C(=O)c3ccc(C)c(NC4=NC5CS(=O)(=O)CC5S4)c3)CC2)c1. The predicted octanol–water partition coefficient (Wildman–Crippen LogP) is 3.25. The number of piperazine rings is 1. The molecule has 3 aliphatic rings. The number of thioether (sulfide) groups is 1. The lowest BCUT2D eigenvalue weighted by Crippen LogP contribution is -2.49. The summed E-state index contributed by atoms with van der Waals surface area (Å²) in [7, 11) is -2.98. The van der Waals surface area contributed by atoms with E-state index in [0.717, 1.165) is 29.5 Å². The van der Waals surface area contributed by atoms with E-state index in [1.165, 1.54) is 28.6 Å². The summed E-state index contributed by atoms with van der Waals surface area (Å²) in [5.41, 5.74) is 6.27. The third kappa shape index (κ3) is 4.68. The Balaban J connectivity index is 1.25. The molecule has 2 saturated heterocycles. The number of nitrogens with one attached hydrogen (secondary N) is 1. The van der Waals surface area contributed by atoms with Gasteiger partial charge in [0.1, 0.15) is 0 Å². The minimum absolute atomic E-state index is 0.00837. The molecule has 2 aromatic carbocycles. The molecule has 3 aliphatic heterocycles. The fourth-order valence-electron chi connectivity index (χ4n) is 4.81. The summed E-state index contributed by atoms with van der Waals surface area (Å²) < 4.78 is 23.6. The molecular weight excluding hydrogens is 468 g/mol. The Hall–Kier alpha value is -2.52. The number of nitrogens with zero attached hydrogens (tertiary/aromatic N) is 3. The van der Waals surface area contributed by atoms with Crippen LogP contribution in [0.15, 0.2) is 41.4 Å². The normalized spacial score (nSPS) is 23.6. The Labute approximate surface area is 205 Å². The van der Waals surface area contributed by atoms with E-state index in [2.05, 4.69) is 47.3 Å². The maximum Gasteiger partial charge on any atom is 0.254 e. The molecule has 9 heteroatoms. The molecule has 0 aromatic heterocycles. The van der Waals surface area contributed by atoms with Crippen molar-refractivity contribution in [1.29, 1.82) is 0 Å². The first-order valence-electron chi connectivity index (χ1n) is 11.6. The zero-order chi connectivity index (χ0) is 24.0. The van der Waals surface area contributed by atoms with E-state index in [-0.39, 0.29) is 28.7 Å². The van der Waals surface area contributed by atoms with Crippen molar-refractivity contribution in [3.63, 3.8) is 0 Å². The zero-order valence-corrected chi connectivity index (χ0v) is 21.4. The highest BCUT2D eigenvalue weighted by molar-refractivity contribution is 8.15. The van der Waals surface area contributed by atoms with Crippen molar-refractivity contribution in [3.8, 4) is 0 Å². The van der Waals surface area contributed by atoms with Crippen molar-refractivity contribution >= 4 is 44.0 Å². The maximum absolute atomic E-state index is 13.3. The minimum atomic E-state index is -2.98. The zero-order valence-electron chi connectivity index (χ0n) is 19.7. The van der Waals surface area contributed by atoms with Crippen molar-refractivity contribution in [3.05, 3.63) is 58.7 Å². The van der Waals surface area contributed by atoms with Crippen LogP contribution in [0.3, 0.4) is 0 Å². The maximum atomic E-state index is 13.3. The molecular formula is C25H30N4O3S2. The number of amides is 1. The molecule has 2 fully saturated rings. The fourth-order valence-corrected chi connectivity index (χ4v) is 8.48. The number of hydrogen-bond acceptors (Lipinski definition) is 7. The second-order valence-electron chi connectivity index (χ2n) is 9.46. The summed E-state index contributed by atoms with van der Waals surface area (Å²) in [6.45, 7) is 9.22. The van der Waals surface area contributed by atoms with Gasteiger partial charge in [-0.1, -0.05) is 30.0 Å². The van der Waals surface area contributed by atoms with Gasteiger partial charge in [-0.3, -0.25) is 9.79 Å². The van der Waals surface area contributed by atoms with E-state index in [4.69, 9.17) is 0 Å². The quantitative estimate of drug-likeness (QED) is 0.700. The highest BCUT2D eigenvalue weighted by Gasteiger charge is 2.42. The number of carbonyl (C=O) groups excluding carboxylic acids is 1. The molecule has 2 unspecified atom stereocenters. The van der Waals surface area contributed by atoms with Crippen LogP contribution in [0.1, 0.15) is 27.0 Å². The van der Waals surface area contributed by atoms with Gasteiger partial charge in [0.2, 0.25) is 0 Å². The lowest BCUT2D eigenvalue weighted by molar-refractivity contribution is 0.0747. The Morgan fingerprint density at radius 2 is 1.74 bits per heavy atom. The van der Waals surface area contributed by atoms with Crippen LogP contribution in [0, 0.1) is 20.8 Å². The third-order valence-electron chi connectivity index (χ3n) is 6.82. The van der Waals surface area contributed by atoms with Crippen molar-refractivity contribution in [2.75, 3.05) is 47.9 Å². The van der Waals surface area contributed by atoms with Gasteiger partial charge < -0.3 is 15.1 Å². The average Bonchev–Trinajstić information content (AvgIpc) is 3.29. The van der Waals surface area contributed by atoms with E-state index in [9.17, 15) is 13.2 Å². The number of sulfone groups is 1. The molecule has 1 N–H and O–H groups in total. The summed E-state index contributed by atoms with van der Waals surface area (Å²) in [5, 5.41) is 4.07. The first-order chi connectivity index (χ1) is 16.2. The Morgan fingerprint density at radius 1 is 1.00 bits per heavy atom. The van der Waals surface area contributed by atoms with E-state index in [0.29, 0.717) is 18.7 Å². The van der Waals surface area contributed by atoms with Crippen LogP contribution >= 0.6 is 11.8 Å². The van der Waals surface area contributed by atoms with Gasteiger partial charge in [0, 0.05) is 48.4 Å². The van der Waals surface area contributed by atoms with Crippen LogP contribution in [0.4, 0.5) is 11.4 Å². The first kappa shape index (κ1) is 23.2. The fraction of sp³-hybridized carbons (Fsp3) is 0.440. The number of amidine groups is 1. The van der Waals surface area contributed by atoms with Crippen molar-refractivity contribution in [2.45, 2.75) is 32.1 Å². The lowest BCUT2D eigenvalue weighted by atomic mass is 10.1. The van der Waals surface area contributed by atoms with Gasteiger partial charge in [0.15, 0.2) is 15.0 Å². The Kier molecular flexibility index (Phi) is 6.10. The largest absolute Gasteiger partial charge is 0.368 e. The van der Waals surface area contributed by atoms with E-state index in [1.54, 1.807) is 0 Å². The number of benzene rings is 2. The van der Waals surface area contributed by atoms with Crippen molar-refractivity contribution in [2.24, 2.45) is 4.99 Å². The van der Waals surface area contributed by atoms with Gasteiger partial charge in [-0.25, -0.2) is 8.42 Å². The first-order valence-corrected chi connectivity index (χ1v) is 14.3. The Morgan fingerprint density at radius 3 is 2.47 bits per heavy atom. The molecule has 5 rings (SSSR count). The molecule has 0 saturated carbocycles. The minimum Gasteiger partial charge on any atom is -0.368 e. The summed E-state index contributed by atoms with van der Waals surface area (Å²) in [4.78, 5) is 22.1. The molecule has 2 atom stereocenters. The number of fused-ring (bicyclic) bond motifs is 1. The van der Waals surface area contributed by atoms with Crippen LogP contribution in [-0.4, -0.2) is 73.4 Å². The molecule has 7 nitrogen and oxygen atoms in total. The molecule has 0 spiro atoms. The van der Waals surface area contributed by atoms with Crippen LogP contribution in [0.25, 0.3) is 0 Å². The van der Waals surface area contributed by atoms with Crippen LogP contribution < -0.4 is 10.2 Å². The molecule has 180 valence electrons. The van der Waals surface area contributed by atoms with Crippen LogP contribution in [-0.2, 0) is 9.84 Å². The third-order valence-corrected chi connectivity index (χ3v) is 9.96. The van der Waals surface area contributed by atoms with Gasteiger partial charge in [-0.05, 0) is 55.7 Å². The molecule has 1 amide bonds. The van der Waals surface area contributed by atoms with E-state index in [1.807, 2.05) is 30.0 Å². The number of anilines is 2. The molecule has 0 bridgehead atoms. The standard InChI is InChI=1S/C25H30N4O3S2/c1-16-4-5-18(3)22(12-16)28-8-10-29(11-9-28)24(30)19-7-6-17(2)20(13-19)26-25-27-21-14-34(31,32)15-23(21)33-25/h4-7,12-13,21,23H,8-11,14-15H2,1-3H3,(H,26,27). The lowest BCUT2D eigenvalue weighted by Gasteiger charge is -2.37. The monoisotopic (exact) mass is 498 g/mol. The summed E-state index contributed by atoms with van der Waals surface area (Å²) in [6.07, 6.45) is 0. The smallest absolute Gasteiger partial charge is 0.254 e. The van der Waals surface area contributed by atoms with Crippen LogP contribution in [0.2, 0.25) is 0 Å². The number of aliphatic imine (C=N–C) groups is 1. The summed E-state index contributed by atoms with van der Waals surface area (Å²) in [6, 6.07) is 12.1. The highest BCUT2D eigenvalue weighted by Crippen LogP contribution is 2.35. The van der Waals surface area contributed by atoms with Crippen LogP contribution in [0.5, 0.6) is 0 Å².